The topological polar surface area (TPSA) is 80.9 Å². The average Bonchev–Trinajstić information content (AvgIpc) is 2.93. The molecule has 0 saturated heterocycles. The van der Waals surface area contributed by atoms with E-state index in [1.165, 1.54) is 11.8 Å². The Hall–Kier alpha value is -1.89. The normalized spacial score (nSPS) is 10.4. The predicted molar refractivity (Wildman–Crippen MR) is 71.7 cm³/mol. The fraction of sp³-hybridized carbons (Fsp3) is 0.333. The van der Waals surface area contributed by atoms with E-state index in [1.807, 2.05) is 13.0 Å². The van der Waals surface area contributed by atoms with Crippen LogP contribution in [0.15, 0.2) is 27.9 Å². The van der Waals surface area contributed by atoms with Crippen LogP contribution in [-0.4, -0.2) is 33.8 Å². The molecular weight excluding hydrogens is 264 g/mol. The van der Waals surface area contributed by atoms with Crippen LogP contribution in [0.25, 0.3) is 11.4 Å². The monoisotopic (exact) mass is 278 g/mol. The number of pyridine rings is 1. The highest BCUT2D eigenvalue weighted by Crippen LogP contribution is 2.27. The van der Waals surface area contributed by atoms with E-state index in [0.29, 0.717) is 23.9 Å². The highest BCUT2D eigenvalue weighted by Gasteiger charge is 2.13. The van der Waals surface area contributed by atoms with Crippen molar-refractivity contribution >= 4 is 17.7 Å². The Labute approximate surface area is 115 Å². The molecule has 2 heterocycles. The number of hydrogen-bond acceptors (Lipinski definition) is 6. The zero-order chi connectivity index (χ0) is 13.7. The molecule has 0 aliphatic rings. The van der Waals surface area contributed by atoms with E-state index < -0.39 is 0 Å². The number of nitrogens with zero attached hydrogens (tertiary/aromatic N) is 3. The summed E-state index contributed by atoms with van der Waals surface area (Å²) in [6, 6.07) is 3.67. The molecule has 1 amide bonds. The molecule has 0 aliphatic carbocycles. The SMILES string of the molecule is CCc1nc(-c2cccnc2SCC(=O)NC)no1. The minimum absolute atomic E-state index is 0.0519. The third-order valence-corrected chi connectivity index (χ3v) is 3.41. The first kappa shape index (κ1) is 13.5. The number of amides is 1. The van der Waals surface area contributed by atoms with Crippen molar-refractivity contribution in [3.8, 4) is 11.4 Å². The van der Waals surface area contributed by atoms with Crippen molar-refractivity contribution < 1.29 is 9.32 Å². The van der Waals surface area contributed by atoms with Gasteiger partial charge in [-0.3, -0.25) is 4.79 Å². The maximum atomic E-state index is 11.3. The minimum Gasteiger partial charge on any atom is -0.358 e. The highest BCUT2D eigenvalue weighted by atomic mass is 32.2. The molecule has 7 heteroatoms. The highest BCUT2D eigenvalue weighted by molar-refractivity contribution is 8.00. The molecule has 100 valence electrons. The summed E-state index contributed by atoms with van der Waals surface area (Å²) in [7, 11) is 1.61. The summed E-state index contributed by atoms with van der Waals surface area (Å²) in [5.74, 6) is 1.34. The maximum absolute atomic E-state index is 11.3. The first-order valence-electron chi connectivity index (χ1n) is 5.86. The van der Waals surface area contributed by atoms with E-state index >= 15 is 0 Å². The van der Waals surface area contributed by atoms with Gasteiger partial charge in [-0.1, -0.05) is 23.8 Å². The van der Waals surface area contributed by atoms with Crippen LogP contribution in [0.5, 0.6) is 0 Å². The number of aryl methyl sites for hydroxylation is 1. The molecule has 0 bridgehead atoms. The molecule has 0 aromatic carbocycles. The fourth-order valence-corrected chi connectivity index (χ4v) is 2.25. The number of hydrogen-bond donors (Lipinski definition) is 1. The molecule has 0 saturated carbocycles. The molecule has 2 aromatic rings. The Balaban J connectivity index is 2.22. The first-order chi connectivity index (χ1) is 9.24. The molecule has 1 N–H and O–H groups in total. The summed E-state index contributed by atoms with van der Waals surface area (Å²) < 4.78 is 5.09. The van der Waals surface area contributed by atoms with Crippen molar-refractivity contribution in [3.63, 3.8) is 0 Å². The van der Waals surface area contributed by atoms with Crippen molar-refractivity contribution in [2.45, 2.75) is 18.4 Å². The molecule has 0 fully saturated rings. The second kappa shape index (κ2) is 6.33. The second-order valence-electron chi connectivity index (χ2n) is 3.68. The average molecular weight is 278 g/mol. The minimum atomic E-state index is -0.0519. The number of carbonyl (C=O) groups excluding carboxylic acids is 1. The lowest BCUT2D eigenvalue weighted by atomic mass is 10.3. The van der Waals surface area contributed by atoms with Crippen molar-refractivity contribution in [1.29, 1.82) is 0 Å². The molecule has 19 heavy (non-hydrogen) atoms. The van der Waals surface area contributed by atoms with E-state index in [9.17, 15) is 4.79 Å². The summed E-state index contributed by atoms with van der Waals surface area (Å²) in [5.41, 5.74) is 0.778. The molecule has 0 atom stereocenters. The number of thioether (sulfide) groups is 1. The van der Waals surface area contributed by atoms with Crippen LogP contribution in [0.2, 0.25) is 0 Å². The fourth-order valence-electron chi connectivity index (χ4n) is 1.39. The molecule has 0 radical (unpaired) electrons. The van der Waals surface area contributed by atoms with Gasteiger partial charge in [0.25, 0.3) is 0 Å². The van der Waals surface area contributed by atoms with Crippen molar-refractivity contribution in [2.24, 2.45) is 0 Å². The summed E-state index contributed by atoms with van der Waals surface area (Å²) in [4.78, 5) is 19.8. The molecule has 0 aliphatic heterocycles. The summed E-state index contributed by atoms with van der Waals surface area (Å²) in [6.45, 7) is 1.95. The third kappa shape index (κ3) is 3.31. The van der Waals surface area contributed by atoms with E-state index in [-0.39, 0.29) is 5.91 Å². The molecule has 2 rings (SSSR count). The van der Waals surface area contributed by atoms with E-state index in [0.717, 1.165) is 10.6 Å². The Morgan fingerprint density at radius 3 is 3.05 bits per heavy atom. The largest absolute Gasteiger partial charge is 0.358 e. The zero-order valence-corrected chi connectivity index (χ0v) is 11.5. The molecule has 0 unspecified atom stereocenters. The standard InChI is InChI=1S/C12H14N4O2S/c1-3-10-15-11(16-18-10)8-5-4-6-14-12(8)19-7-9(17)13-2/h4-6H,3,7H2,1-2H3,(H,13,17). The van der Waals surface area contributed by atoms with Crippen LogP contribution in [-0.2, 0) is 11.2 Å². The van der Waals surface area contributed by atoms with Gasteiger partial charge in [0.05, 0.1) is 11.3 Å². The van der Waals surface area contributed by atoms with Gasteiger partial charge in [-0.15, -0.1) is 0 Å². The zero-order valence-electron chi connectivity index (χ0n) is 10.7. The van der Waals surface area contributed by atoms with Crippen LogP contribution in [0.4, 0.5) is 0 Å². The quantitative estimate of drug-likeness (QED) is 0.835. The van der Waals surface area contributed by atoms with Crippen LogP contribution in [0, 0.1) is 0 Å². The third-order valence-electron chi connectivity index (χ3n) is 2.40. The van der Waals surface area contributed by atoms with Crippen molar-refractivity contribution in [1.82, 2.24) is 20.4 Å². The lowest BCUT2D eigenvalue weighted by Crippen LogP contribution is -2.19. The van der Waals surface area contributed by atoms with Gasteiger partial charge in [-0.2, -0.15) is 4.98 Å². The Morgan fingerprint density at radius 2 is 2.37 bits per heavy atom. The first-order valence-corrected chi connectivity index (χ1v) is 6.84. The van der Waals surface area contributed by atoms with Crippen LogP contribution < -0.4 is 5.32 Å². The van der Waals surface area contributed by atoms with Crippen LogP contribution in [0.1, 0.15) is 12.8 Å². The van der Waals surface area contributed by atoms with Gasteiger partial charge >= 0.3 is 0 Å². The summed E-state index contributed by atoms with van der Waals surface area (Å²) in [5, 5.41) is 7.21. The summed E-state index contributed by atoms with van der Waals surface area (Å²) in [6.07, 6.45) is 2.37. The number of carbonyl (C=O) groups is 1. The number of rotatable bonds is 5. The van der Waals surface area contributed by atoms with Gasteiger partial charge in [0.2, 0.25) is 17.6 Å². The smallest absolute Gasteiger partial charge is 0.230 e. The van der Waals surface area contributed by atoms with Gasteiger partial charge in [0.15, 0.2) is 0 Å². The number of aromatic nitrogens is 3. The molecule has 0 spiro atoms. The van der Waals surface area contributed by atoms with Gasteiger partial charge in [0, 0.05) is 19.7 Å². The van der Waals surface area contributed by atoms with Gasteiger partial charge in [0.1, 0.15) is 5.03 Å². The predicted octanol–water partition coefficient (Wildman–Crippen LogP) is 1.53. The summed E-state index contributed by atoms with van der Waals surface area (Å²) >= 11 is 1.35. The Bertz CT molecular complexity index is 570. The maximum Gasteiger partial charge on any atom is 0.230 e. The lowest BCUT2D eigenvalue weighted by Gasteiger charge is -2.03. The van der Waals surface area contributed by atoms with Crippen LogP contribution in [0.3, 0.4) is 0 Å². The lowest BCUT2D eigenvalue weighted by molar-refractivity contribution is -0.118. The van der Waals surface area contributed by atoms with Crippen molar-refractivity contribution in [2.75, 3.05) is 12.8 Å². The van der Waals surface area contributed by atoms with E-state index in [4.69, 9.17) is 4.52 Å². The number of nitrogens with one attached hydrogen (secondary N) is 1. The molecule has 6 nitrogen and oxygen atoms in total. The van der Waals surface area contributed by atoms with E-state index in [1.54, 1.807) is 19.3 Å². The molecular formula is C12H14N4O2S. The second-order valence-corrected chi connectivity index (χ2v) is 4.65. The van der Waals surface area contributed by atoms with Gasteiger partial charge < -0.3 is 9.84 Å². The Kier molecular flexibility index (Phi) is 4.51. The molecule has 2 aromatic heterocycles. The van der Waals surface area contributed by atoms with Gasteiger partial charge in [-0.05, 0) is 12.1 Å². The van der Waals surface area contributed by atoms with Crippen LogP contribution >= 0.6 is 11.8 Å². The van der Waals surface area contributed by atoms with Crippen molar-refractivity contribution in [3.05, 3.63) is 24.2 Å². The Morgan fingerprint density at radius 1 is 1.53 bits per heavy atom. The van der Waals surface area contributed by atoms with E-state index in [2.05, 4.69) is 20.4 Å². The van der Waals surface area contributed by atoms with Gasteiger partial charge in [-0.25, -0.2) is 4.98 Å².